The number of carbonyl (C=O) groups excluding carboxylic acids is 2. The van der Waals surface area contributed by atoms with E-state index in [4.69, 9.17) is 29.0 Å². The van der Waals surface area contributed by atoms with E-state index in [9.17, 15) is 14.2 Å². The van der Waals surface area contributed by atoms with E-state index < -0.39 is 56.4 Å². The van der Waals surface area contributed by atoms with Crippen LogP contribution in [0.2, 0.25) is 0 Å². The van der Waals surface area contributed by atoms with Crippen molar-refractivity contribution in [2.45, 2.75) is 66.8 Å². The summed E-state index contributed by atoms with van der Waals surface area (Å²) in [6, 6.07) is -0.361. The van der Waals surface area contributed by atoms with Crippen LogP contribution in [0.15, 0.2) is 15.0 Å². The van der Waals surface area contributed by atoms with Crippen molar-refractivity contribution in [3.8, 4) is 0 Å². The zero-order valence-electron chi connectivity index (χ0n) is 21.3. The molecule has 0 amide bonds. The number of hydrogen-bond donors (Lipinski definition) is 1. The van der Waals surface area contributed by atoms with Gasteiger partial charge in [-0.3, -0.25) is 28.2 Å². The van der Waals surface area contributed by atoms with E-state index in [-0.39, 0.29) is 12.2 Å². The molecule has 2 aliphatic rings. The molecule has 14 heteroatoms. The summed E-state index contributed by atoms with van der Waals surface area (Å²) in [7, 11) is -3.97. The Morgan fingerprint density at radius 3 is 2.11 bits per heavy atom. The summed E-state index contributed by atoms with van der Waals surface area (Å²) >= 11 is 0. The number of nitrogens with two attached hydrogens (primary N) is 1. The lowest BCUT2D eigenvalue weighted by atomic mass is 9.98. The van der Waals surface area contributed by atoms with Crippen LogP contribution in [0.4, 0.5) is 0 Å². The van der Waals surface area contributed by atoms with E-state index in [0.717, 1.165) is 0 Å². The predicted molar refractivity (Wildman–Crippen MR) is 129 cm³/mol. The van der Waals surface area contributed by atoms with Crippen LogP contribution in [-0.4, -0.2) is 80.1 Å². The highest BCUT2D eigenvalue weighted by Crippen LogP contribution is 2.48. The molecule has 2 N–H and O–H groups in total. The Morgan fingerprint density at radius 1 is 1.06 bits per heavy atom. The molecule has 35 heavy (non-hydrogen) atoms. The largest absolute Gasteiger partial charge is 0.438 e. The van der Waals surface area contributed by atoms with Crippen molar-refractivity contribution in [2.75, 3.05) is 26.5 Å². The number of hydrogen-bond acceptors (Lipinski definition) is 13. The number of fused-ring (bicyclic) bond motifs is 1. The maximum atomic E-state index is 13.2. The summed E-state index contributed by atoms with van der Waals surface area (Å²) in [5, 5.41) is 0. The second-order valence-electron chi connectivity index (χ2n) is 10.2. The van der Waals surface area contributed by atoms with Crippen molar-refractivity contribution < 1.29 is 37.4 Å². The van der Waals surface area contributed by atoms with Crippen LogP contribution in [0.3, 0.4) is 0 Å². The summed E-state index contributed by atoms with van der Waals surface area (Å²) in [5.74, 6) is -0.717. The maximum Gasteiger partial charge on any atom is 0.361 e. The Bertz CT molecular complexity index is 872. The Kier molecular flexibility index (Phi) is 9.57. The third-order valence-corrected chi connectivity index (χ3v) is 6.28. The van der Waals surface area contributed by atoms with E-state index in [0.29, 0.717) is 12.4 Å². The maximum absolute atomic E-state index is 13.2. The molecule has 0 aromatic heterocycles. The number of amidine groups is 1. The van der Waals surface area contributed by atoms with Gasteiger partial charge < -0.3 is 24.8 Å². The van der Waals surface area contributed by atoms with Gasteiger partial charge in [-0.1, -0.05) is 0 Å². The molecule has 0 bridgehead atoms. The molecule has 0 saturated carbocycles. The summed E-state index contributed by atoms with van der Waals surface area (Å²) in [6.07, 6.45) is 1.75. The molecule has 0 radical (unpaired) electrons. The van der Waals surface area contributed by atoms with Gasteiger partial charge in [0.2, 0.25) is 13.6 Å². The van der Waals surface area contributed by atoms with Crippen molar-refractivity contribution >= 4 is 38.0 Å². The van der Waals surface area contributed by atoms with Gasteiger partial charge in [0.1, 0.15) is 24.6 Å². The van der Waals surface area contributed by atoms with Gasteiger partial charge in [-0.15, -0.1) is 0 Å². The molecule has 2 aliphatic heterocycles. The average Bonchev–Trinajstić information content (AvgIpc) is 3.15. The molecule has 3 atom stereocenters. The molecule has 2 heterocycles. The number of ether oxygens (including phenoxy) is 3. The number of aliphatic imine (C=N–C) groups is 3. The third-order valence-electron chi connectivity index (χ3n) is 4.82. The second kappa shape index (κ2) is 11.6. The quantitative estimate of drug-likeness (QED) is 0.244. The first-order valence-electron chi connectivity index (χ1n) is 11.1. The fourth-order valence-corrected chi connectivity index (χ4v) is 3.80. The molecule has 13 nitrogen and oxygen atoms in total. The number of rotatable bonds is 11. The van der Waals surface area contributed by atoms with Gasteiger partial charge >= 0.3 is 19.5 Å². The minimum Gasteiger partial charge on any atom is -0.438 e. The van der Waals surface area contributed by atoms with Gasteiger partial charge in [-0.25, -0.2) is 9.98 Å². The SMILES string of the molecule is C[C@H](CN1C=NC2C(N)=NC=NC21)OCP(=O)(OCOC(=O)C(C)(C)C)OCOC(=O)C(C)(C)C. The van der Waals surface area contributed by atoms with E-state index in [1.807, 2.05) is 4.90 Å². The molecule has 0 spiro atoms. The topological polar surface area (TPSA) is 164 Å². The van der Waals surface area contributed by atoms with Crippen molar-refractivity contribution in [1.82, 2.24) is 4.90 Å². The molecular formula is C21H36N5O8P. The Labute approximate surface area is 205 Å². The van der Waals surface area contributed by atoms with Crippen LogP contribution >= 0.6 is 7.60 Å². The minimum absolute atomic E-state index is 0.327. The van der Waals surface area contributed by atoms with Gasteiger partial charge in [-0.2, -0.15) is 0 Å². The van der Waals surface area contributed by atoms with Gasteiger partial charge in [0, 0.05) is 6.54 Å². The third kappa shape index (κ3) is 8.68. The number of carbonyl (C=O) groups is 2. The fourth-order valence-electron chi connectivity index (χ4n) is 2.71. The Morgan fingerprint density at radius 2 is 1.60 bits per heavy atom. The lowest BCUT2D eigenvalue weighted by molar-refractivity contribution is -0.162. The molecule has 0 saturated heterocycles. The van der Waals surface area contributed by atoms with Crippen LogP contribution in [0.1, 0.15) is 48.5 Å². The number of esters is 2. The van der Waals surface area contributed by atoms with Gasteiger partial charge in [0.25, 0.3) is 0 Å². The first-order chi connectivity index (χ1) is 16.1. The summed E-state index contributed by atoms with van der Waals surface area (Å²) in [4.78, 5) is 38.4. The normalized spacial score (nSPS) is 20.9. The summed E-state index contributed by atoms with van der Waals surface area (Å²) in [5.41, 5.74) is 4.32. The van der Waals surface area contributed by atoms with Crippen LogP contribution in [0.5, 0.6) is 0 Å². The van der Waals surface area contributed by atoms with E-state index >= 15 is 0 Å². The lowest BCUT2D eigenvalue weighted by Gasteiger charge is -2.28. The smallest absolute Gasteiger partial charge is 0.361 e. The monoisotopic (exact) mass is 517 g/mol. The minimum atomic E-state index is -3.97. The van der Waals surface area contributed by atoms with Crippen LogP contribution in [0.25, 0.3) is 0 Å². The Hall–Kier alpha value is -2.34. The zero-order chi connectivity index (χ0) is 26.4. The highest BCUT2D eigenvalue weighted by atomic mass is 31.2. The van der Waals surface area contributed by atoms with E-state index in [1.165, 1.54) is 6.34 Å². The standard InChI is InChI=1S/C21H36N5O8P/c1-14(8-26-10-25-15-16(22)23-9-24-17(15)26)32-13-35(29,33-11-30-18(27)20(2,3)4)34-12-31-19(28)21(5,6)7/h9-10,14-15,17H,8,11-13H2,1-7H3,(H2,22,23,24)/t14-,15?,17?/m1/s1. The molecule has 2 unspecified atom stereocenters. The van der Waals surface area contributed by atoms with Gasteiger partial charge in [-0.05, 0) is 48.5 Å². The molecule has 198 valence electrons. The highest BCUT2D eigenvalue weighted by Gasteiger charge is 2.36. The molecular weight excluding hydrogens is 481 g/mol. The first-order valence-corrected chi connectivity index (χ1v) is 12.8. The lowest BCUT2D eigenvalue weighted by Crippen LogP contribution is -2.46. The van der Waals surface area contributed by atoms with Crippen molar-refractivity contribution in [3.05, 3.63) is 0 Å². The summed E-state index contributed by atoms with van der Waals surface area (Å²) < 4.78 is 39.5. The summed E-state index contributed by atoms with van der Waals surface area (Å²) in [6.45, 7) is 10.9. The average molecular weight is 518 g/mol. The highest BCUT2D eigenvalue weighted by molar-refractivity contribution is 7.53. The Balaban J connectivity index is 1.93. The molecule has 2 rings (SSSR count). The van der Waals surface area contributed by atoms with Crippen molar-refractivity contribution in [3.63, 3.8) is 0 Å². The van der Waals surface area contributed by atoms with Crippen molar-refractivity contribution in [2.24, 2.45) is 31.5 Å². The first kappa shape index (κ1) is 28.9. The van der Waals surface area contributed by atoms with Crippen LogP contribution in [0, 0.1) is 10.8 Å². The fraction of sp³-hybridized carbons (Fsp3) is 0.762. The van der Waals surface area contributed by atoms with E-state index in [1.54, 1.807) is 54.8 Å². The van der Waals surface area contributed by atoms with Crippen LogP contribution < -0.4 is 5.73 Å². The van der Waals surface area contributed by atoms with Crippen LogP contribution in [-0.2, 0) is 37.4 Å². The predicted octanol–water partition coefficient (Wildman–Crippen LogP) is 2.11. The van der Waals surface area contributed by atoms with Gasteiger partial charge in [0.05, 0.1) is 23.3 Å². The second-order valence-corrected chi connectivity index (χ2v) is 12.2. The molecule has 0 aromatic carbocycles. The number of nitrogens with zero attached hydrogens (tertiary/aromatic N) is 4. The van der Waals surface area contributed by atoms with Crippen molar-refractivity contribution in [1.29, 1.82) is 0 Å². The molecule has 0 aromatic rings. The molecule has 0 aliphatic carbocycles. The molecule has 0 fully saturated rings. The van der Waals surface area contributed by atoms with Gasteiger partial charge in [0.15, 0.2) is 6.17 Å². The zero-order valence-corrected chi connectivity index (χ0v) is 22.2. The van der Waals surface area contributed by atoms with E-state index in [2.05, 4.69) is 15.0 Å².